The van der Waals surface area contributed by atoms with Crippen molar-refractivity contribution in [2.45, 2.75) is 13.0 Å². The van der Waals surface area contributed by atoms with Gasteiger partial charge in [-0.3, -0.25) is 0 Å². The molecule has 112 valence electrons. The monoisotopic (exact) mass is 289 g/mol. The molecular formula is C15H19N3O3. The fourth-order valence-electron chi connectivity index (χ4n) is 1.86. The summed E-state index contributed by atoms with van der Waals surface area (Å²) in [4.78, 5) is 8.20. The van der Waals surface area contributed by atoms with Gasteiger partial charge in [-0.05, 0) is 24.1 Å². The van der Waals surface area contributed by atoms with Gasteiger partial charge in [0.15, 0.2) is 0 Å². The van der Waals surface area contributed by atoms with E-state index in [4.69, 9.17) is 14.6 Å². The number of benzene rings is 1. The van der Waals surface area contributed by atoms with Gasteiger partial charge < -0.3 is 19.9 Å². The van der Waals surface area contributed by atoms with Crippen molar-refractivity contribution in [3.8, 4) is 11.8 Å². The van der Waals surface area contributed by atoms with E-state index in [2.05, 4.69) is 15.3 Å². The highest BCUT2D eigenvalue weighted by Crippen LogP contribution is 2.13. The first-order chi connectivity index (χ1) is 10.2. The predicted octanol–water partition coefficient (Wildman–Crippen LogP) is 1.64. The zero-order chi connectivity index (χ0) is 15.1. The summed E-state index contributed by atoms with van der Waals surface area (Å²) in [7, 11) is 3.15. The number of ether oxygens (including phenoxy) is 2. The van der Waals surface area contributed by atoms with Gasteiger partial charge in [-0.2, -0.15) is 9.97 Å². The molecule has 0 spiro atoms. The molecule has 1 aromatic heterocycles. The molecule has 0 unspecified atom stereocenters. The SMILES string of the molecule is COc1ccc(CCNc2cc(CO)nc(OC)n2)cc1. The molecule has 0 saturated carbocycles. The average molecular weight is 289 g/mol. The first-order valence-electron chi connectivity index (χ1n) is 6.64. The number of nitrogens with one attached hydrogen (secondary N) is 1. The van der Waals surface area contributed by atoms with E-state index in [1.54, 1.807) is 13.2 Å². The molecule has 6 nitrogen and oxygen atoms in total. The maximum absolute atomic E-state index is 9.15. The van der Waals surface area contributed by atoms with Crippen molar-refractivity contribution >= 4 is 5.82 Å². The van der Waals surface area contributed by atoms with Crippen LogP contribution in [0.25, 0.3) is 0 Å². The number of anilines is 1. The Balaban J connectivity index is 1.93. The van der Waals surface area contributed by atoms with Gasteiger partial charge in [0.1, 0.15) is 11.6 Å². The molecule has 2 N–H and O–H groups in total. The van der Waals surface area contributed by atoms with Crippen LogP contribution in [0.1, 0.15) is 11.3 Å². The highest BCUT2D eigenvalue weighted by molar-refractivity contribution is 5.37. The molecule has 0 radical (unpaired) electrons. The molecule has 0 bridgehead atoms. The predicted molar refractivity (Wildman–Crippen MR) is 79.7 cm³/mol. The van der Waals surface area contributed by atoms with Crippen LogP contribution in [0.5, 0.6) is 11.8 Å². The number of rotatable bonds is 7. The molecule has 0 saturated heterocycles. The van der Waals surface area contributed by atoms with Crippen molar-refractivity contribution < 1.29 is 14.6 Å². The van der Waals surface area contributed by atoms with Crippen LogP contribution in [0.3, 0.4) is 0 Å². The second kappa shape index (κ2) is 7.44. The number of hydrogen-bond donors (Lipinski definition) is 2. The molecular weight excluding hydrogens is 270 g/mol. The summed E-state index contributed by atoms with van der Waals surface area (Å²) in [6.45, 7) is 0.573. The number of hydrogen-bond acceptors (Lipinski definition) is 6. The van der Waals surface area contributed by atoms with E-state index in [1.165, 1.54) is 12.7 Å². The summed E-state index contributed by atoms with van der Waals surface area (Å²) < 4.78 is 10.1. The van der Waals surface area contributed by atoms with E-state index in [0.29, 0.717) is 11.5 Å². The third kappa shape index (κ3) is 4.32. The zero-order valence-electron chi connectivity index (χ0n) is 12.2. The molecule has 0 fully saturated rings. The summed E-state index contributed by atoms with van der Waals surface area (Å²) in [5.41, 5.74) is 1.72. The summed E-state index contributed by atoms with van der Waals surface area (Å²) in [5.74, 6) is 1.49. The van der Waals surface area contributed by atoms with E-state index in [1.807, 2.05) is 24.3 Å². The molecule has 6 heteroatoms. The average Bonchev–Trinajstić information content (AvgIpc) is 2.55. The van der Waals surface area contributed by atoms with Crippen LogP contribution in [0.15, 0.2) is 30.3 Å². The van der Waals surface area contributed by atoms with Crippen LogP contribution in [0, 0.1) is 0 Å². The molecule has 0 aliphatic carbocycles. The first-order valence-corrected chi connectivity index (χ1v) is 6.64. The molecule has 2 rings (SSSR count). The lowest BCUT2D eigenvalue weighted by Gasteiger charge is -2.08. The Morgan fingerprint density at radius 2 is 1.86 bits per heavy atom. The van der Waals surface area contributed by atoms with Gasteiger partial charge in [0, 0.05) is 12.6 Å². The highest BCUT2D eigenvalue weighted by Gasteiger charge is 2.04. The van der Waals surface area contributed by atoms with Crippen LogP contribution in [0.4, 0.5) is 5.82 Å². The maximum atomic E-state index is 9.15. The lowest BCUT2D eigenvalue weighted by atomic mass is 10.1. The van der Waals surface area contributed by atoms with Crippen molar-refractivity contribution in [2.24, 2.45) is 0 Å². The van der Waals surface area contributed by atoms with Gasteiger partial charge in [0.05, 0.1) is 26.5 Å². The normalized spacial score (nSPS) is 10.2. The Labute approximate surface area is 123 Å². The summed E-state index contributed by atoms with van der Waals surface area (Å²) >= 11 is 0. The molecule has 0 aliphatic rings. The van der Waals surface area contributed by atoms with Gasteiger partial charge in [-0.25, -0.2) is 0 Å². The number of aromatic nitrogens is 2. The Bertz CT molecular complexity index is 551. The third-order valence-corrected chi connectivity index (χ3v) is 2.98. The molecule has 0 aliphatic heterocycles. The smallest absolute Gasteiger partial charge is 0.318 e. The van der Waals surface area contributed by atoms with Gasteiger partial charge in [0.25, 0.3) is 0 Å². The largest absolute Gasteiger partial charge is 0.497 e. The standard InChI is InChI=1S/C15H19N3O3/c1-20-13-5-3-11(4-6-13)7-8-16-14-9-12(10-19)17-15(18-14)21-2/h3-6,9,19H,7-8,10H2,1-2H3,(H,16,17,18). The van der Waals surface area contributed by atoms with Gasteiger partial charge in [0.2, 0.25) is 0 Å². The molecule has 21 heavy (non-hydrogen) atoms. The van der Waals surface area contributed by atoms with Crippen LogP contribution in [-0.2, 0) is 13.0 Å². The Morgan fingerprint density at radius 1 is 1.10 bits per heavy atom. The van der Waals surface area contributed by atoms with Crippen LogP contribution in [-0.4, -0.2) is 35.8 Å². The number of aliphatic hydroxyl groups excluding tert-OH is 1. The summed E-state index contributed by atoms with van der Waals surface area (Å²) in [6.07, 6.45) is 0.852. The van der Waals surface area contributed by atoms with Gasteiger partial charge in [-0.15, -0.1) is 0 Å². The Hall–Kier alpha value is -2.34. The van der Waals surface area contributed by atoms with Crippen LogP contribution in [0.2, 0.25) is 0 Å². The van der Waals surface area contributed by atoms with Crippen molar-refractivity contribution in [3.05, 3.63) is 41.6 Å². The van der Waals surface area contributed by atoms with Gasteiger partial charge >= 0.3 is 6.01 Å². The number of methoxy groups -OCH3 is 2. The van der Waals surface area contributed by atoms with Crippen molar-refractivity contribution in [1.82, 2.24) is 9.97 Å². The number of aliphatic hydroxyl groups is 1. The second-order valence-corrected chi connectivity index (χ2v) is 4.41. The maximum Gasteiger partial charge on any atom is 0.318 e. The zero-order valence-corrected chi connectivity index (χ0v) is 12.2. The summed E-state index contributed by atoms with van der Waals surface area (Å²) in [6, 6.07) is 9.88. The lowest BCUT2D eigenvalue weighted by Crippen LogP contribution is -2.08. The minimum atomic E-state index is -0.147. The third-order valence-electron chi connectivity index (χ3n) is 2.98. The minimum absolute atomic E-state index is 0.147. The molecule has 1 heterocycles. The molecule has 0 atom stereocenters. The molecule has 0 amide bonds. The van der Waals surface area contributed by atoms with Crippen LogP contribution < -0.4 is 14.8 Å². The van der Waals surface area contributed by atoms with Crippen molar-refractivity contribution in [2.75, 3.05) is 26.1 Å². The minimum Gasteiger partial charge on any atom is -0.497 e. The Kier molecular flexibility index (Phi) is 5.34. The highest BCUT2D eigenvalue weighted by atomic mass is 16.5. The molecule has 1 aromatic carbocycles. The van der Waals surface area contributed by atoms with E-state index >= 15 is 0 Å². The lowest BCUT2D eigenvalue weighted by molar-refractivity contribution is 0.273. The van der Waals surface area contributed by atoms with E-state index in [9.17, 15) is 0 Å². The fourth-order valence-corrected chi connectivity index (χ4v) is 1.86. The second-order valence-electron chi connectivity index (χ2n) is 4.41. The van der Waals surface area contributed by atoms with Gasteiger partial charge in [-0.1, -0.05) is 12.1 Å². The topological polar surface area (TPSA) is 76.5 Å². The fraction of sp³-hybridized carbons (Fsp3) is 0.333. The Morgan fingerprint density at radius 3 is 2.48 bits per heavy atom. The quantitative estimate of drug-likeness (QED) is 0.807. The first kappa shape index (κ1) is 15.1. The molecule has 2 aromatic rings. The summed E-state index contributed by atoms with van der Waals surface area (Å²) in [5, 5.41) is 12.3. The number of nitrogens with zero attached hydrogens (tertiary/aromatic N) is 2. The van der Waals surface area contributed by atoms with Crippen LogP contribution >= 0.6 is 0 Å². The van der Waals surface area contributed by atoms with E-state index < -0.39 is 0 Å². The van der Waals surface area contributed by atoms with Crippen molar-refractivity contribution in [1.29, 1.82) is 0 Å². The van der Waals surface area contributed by atoms with E-state index in [0.717, 1.165) is 18.7 Å². The van der Waals surface area contributed by atoms with E-state index in [-0.39, 0.29) is 12.6 Å². The van der Waals surface area contributed by atoms with Crippen molar-refractivity contribution in [3.63, 3.8) is 0 Å².